The van der Waals surface area contributed by atoms with Gasteiger partial charge in [0.1, 0.15) is 0 Å². The topological polar surface area (TPSA) is 83.1 Å². The van der Waals surface area contributed by atoms with Crippen molar-refractivity contribution >= 4 is 37.9 Å². The average Bonchev–Trinajstić information content (AvgIpc) is 2.94. The predicted octanol–water partition coefficient (Wildman–Crippen LogP) is 3.93. The molecule has 0 radical (unpaired) electrons. The van der Waals surface area contributed by atoms with E-state index in [4.69, 9.17) is 0 Å². The lowest BCUT2D eigenvalue weighted by Crippen LogP contribution is -2.09. The molecule has 2 aromatic carbocycles. The SMILES string of the molecule is Cc1sc(NNc2ccccc2)nc1-c1ccc(NS(C)(=O)=O)cc1. The highest BCUT2D eigenvalue weighted by molar-refractivity contribution is 7.92. The zero-order valence-electron chi connectivity index (χ0n) is 13.8. The van der Waals surface area contributed by atoms with Crippen LogP contribution in [0, 0.1) is 6.92 Å². The number of thiazole rings is 1. The molecule has 1 heterocycles. The number of para-hydroxylation sites is 1. The van der Waals surface area contributed by atoms with Gasteiger partial charge < -0.3 is 0 Å². The van der Waals surface area contributed by atoms with Crippen LogP contribution in [0.5, 0.6) is 0 Å². The Labute approximate surface area is 151 Å². The summed E-state index contributed by atoms with van der Waals surface area (Å²) in [5.41, 5.74) is 9.49. The van der Waals surface area contributed by atoms with E-state index in [1.54, 1.807) is 23.5 Å². The fraction of sp³-hybridized carbons (Fsp3) is 0.118. The molecule has 0 atom stereocenters. The van der Waals surface area contributed by atoms with Crippen LogP contribution in [0.1, 0.15) is 4.88 Å². The summed E-state index contributed by atoms with van der Waals surface area (Å²) >= 11 is 1.55. The number of nitrogens with one attached hydrogen (secondary N) is 3. The van der Waals surface area contributed by atoms with Crippen molar-refractivity contribution in [3.8, 4) is 11.3 Å². The normalized spacial score (nSPS) is 11.1. The molecule has 3 N–H and O–H groups in total. The van der Waals surface area contributed by atoms with Gasteiger partial charge in [0.15, 0.2) is 0 Å². The number of nitrogens with zero attached hydrogens (tertiary/aromatic N) is 1. The standard InChI is InChI=1S/C17H18N4O2S2/c1-12-16(13-8-10-15(11-9-13)21-25(2,22)23)18-17(24-12)20-19-14-6-4-3-5-7-14/h3-11,19,21H,1-2H3,(H,18,20). The van der Waals surface area contributed by atoms with Crippen LogP contribution in [0.3, 0.4) is 0 Å². The molecule has 130 valence electrons. The van der Waals surface area contributed by atoms with Crippen molar-refractivity contribution in [3.63, 3.8) is 0 Å². The quantitative estimate of drug-likeness (QED) is 0.570. The summed E-state index contributed by atoms with van der Waals surface area (Å²) in [7, 11) is -3.27. The van der Waals surface area contributed by atoms with Crippen molar-refractivity contribution in [2.45, 2.75) is 6.92 Å². The summed E-state index contributed by atoms with van der Waals surface area (Å²) < 4.78 is 25.0. The first-order valence-corrected chi connectivity index (χ1v) is 10.2. The van der Waals surface area contributed by atoms with Crippen molar-refractivity contribution in [2.75, 3.05) is 21.8 Å². The zero-order valence-corrected chi connectivity index (χ0v) is 15.4. The Morgan fingerprint density at radius 2 is 1.60 bits per heavy atom. The van der Waals surface area contributed by atoms with Crippen molar-refractivity contribution in [1.82, 2.24) is 4.98 Å². The Morgan fingerprint density at radius 1 is 0.920 bits per heavy atom. The minimum Gasteiger partial charge on any atom is -0.299 e. The lowest BCUT2D eigenvalue weighted by Gasteiger charge is -2.06. The number of aromatic nitrogens is 1. The second-order valence-corrected chi connectivity index (χ2v) is 8.44. The van der Waals surface area contributed by atoms with E-state index in [1.165, 1.54) is 0 Å². The third-order valence-corrected chi connectivity index (χ3v) is 4.84. The number of hydrogen-bond acceptors (Lipinski definition) is 6. The van der Waals surface area contributed by atoms with Crippen LogP contribution in [-0.4, -0.2) is 19.7 Å². The fourth-order valence-electron chi connectivity index (χ4n) is 2.28. The molecule has 0 aliphatic carbocycles. The molecule has 0 unspecified atom stereocenters. The second kappa shape index (κ2) is 7.12. The van der Waals surface area contributed by atoms with Crippen LogP contribution < -0.4 is 15.6 Å². The second-order valence-electron chi connectivity index (χ2n) is 5.49. The van der Waals surface area contributed by atoms with Gasteiger partial charge in [-0.05, 0) is 31.2 Å². The van der Waals surface area contributed by atoms with Gasteiger partial charge in [-0.2, -0.15) is 0 Å². The maximum absolute atomic E-state index is 11.3. The minimum atomic E-state index is -3.27. The van der Waals surface area contributed by atoms with Gasteiger partial charge in [0.25, 0.3) is 0 Å². The summed E-state index contributed by atoms with van der Waals surface area (Å²) in [5.74, 6) is 0. The average molecular weight is 374 g/mol. The predicted molar refractivity (Wildman–Crippen MR) is 104 cm³/mol. The van der Waals surface area contributed by atoms with Crippen LogP contribution in [-0.2, 0) is 10.0 Å². The van der Waals surface area contributed by atoms with Crippen molar-refractivity contribution < 1.29 is 8.42 Å². The molecule has 0 aliphatic rings. The Kier molecular flexibility index (Phi) is 4.91. The Bertz CT molecular complexity index is 952. The number of anilines is 3. The van der Waals surface area contributed by atoms with E-state index >= 15 is 0 Å². The van der Waals surface area contributed by atoms with Gasteiger partial charge in [-0.3, -0.25) is 15.6 Å². The molecule has 6 nitrogen and oxygen atoms in total. The molecule has 1 aromatic heterocycles. The number of hydrogen-bond donors (Lipinski definition) is 3. The van der Waals surface area contributed by atoms with Gasteiger partial charge >= 0.3 is 0 Å². The molecule has 3 aromatic rings. The summed E-state index contributed by atoms with van der Waals surface area (Å²) in [6, 6.07) is 16.9. The van der Waals surface area contributed by atoms with Crippen molar-refractivity contribution in [3.05, 3.63) is 59.5 Å². The number of benzene rings is 2. The minimum absolute atomic E-state index is 0.531. The maximum atomic E-state index is 11.3. The fourth-order valence-corrected chi connectivity index (χ4v) is 3.63. The van der Waals surface area contributed by atoms with Crippen LogP contribution in [0.2, 0.25) is 0 Å². The van der Waals surface area contributed by atoms with Crippen LogP contribution in [0.25, 0.3) is 11.3 Å². The smallest absolute Gasteiger partial charge is 0.229 e. The molecule has 0 aliphatic heterocycles. The third-order valence-electron chi connectivity index (χ3n) is 3.35. The summed E-state index contributed by atoms with van der Waals surface area (Å²) in [4.78, 5) is 5.68. The summed E-state index contributed by atoms with van der Waals surface area (Å²) in [6.45, 7) is 2.00. The van der Waals surface area contributed by atoms with Crippen LogP contribution in [0.15, 0.2) is 54.6 Å². The maximum Gasteiger partial charge on any atom is 0.229 e. The van der Waals surface area contributed by atoms with Crippen molar-refractivity contribution in [1.29, 1.82) is 0 Å². The first kappa shape index (κ1) is 17.2. The Morgan fingerprint density at radius 3 is 2.24 bits per heavy atom. The van der Waals surface area contributed by atoms with Crippen LogP contribution in [0.4, 0.5) is 16.5 Å². The number of aryl methyl sites for hydroxylation is 1. The van der Waals surface area contributed by atoms with Gasteiger partial charge in [0.05, 0.1) is 17.6 Å². The van der Waals surface area contributed by atoms with Crippen molar-refractivity contribution in [2.24, 2.45) is 0 Å². The molecule has 3 rings (SSSR count). The molecule has 0 amide bonds. The molecule has 0 saturated carbocycles. The molecule has 0 saturated heterocycles. The highest BCUT2D eigenvalue weighted by atomic mass is 32.2. The molecule has 0 bridgehead atoms. The van der Waals surface area contributed by atoms with Gasteiger partial charge in [0.2, 0.25) is 15.2 Å². The molecule has 8 heteroatoms. The monoisotopic (exact) mass is 374 g/mol. The molecular weight excluding hydrogens is 356 g/mol. The lowest BCUT2D eigenvalue weighted by molar-refractivity contribution is 0.607. The Balaban J connectivity index is 1.73. The number of hydrazine groups is 1. The highest BCUT2D eigenvalue weighted by Crippen LogP contribution is 2.31. The largest absolute Gasteiger partial charge is 0.299 e. The van der Waals surface area contributed by atoms with E-state index < -0.39 is 10.0 Å². The number of rotatable bonds is 6. The van der Waals surface area contributed by atoms with E-state index in [0.29, 0.717) is 5.69 Å². The van der Waals surface area contributed by atoms with E-state index in [-0.39, 0.29) is 0 Å². The molecule has 0 fully saturated rings. The van der Waals surface area contributed by atoms with Gasteiger partial charge in [-0.25, -0.2) is 13.4 Å². The Hall–Kier alpha value is -2.58. The molecule has 0 spiro atoms. The van der Waals surface area contributed by atoms with E-state index in [1.807, 2.05) is 49.4 Å². The molecular formula is C17H18N4O2S2. The molecule has 25 heavy (non-hydrogen) atoms. The van der Waals surface area contributed by atoms with Gasteiger partial charge in [-0.15, -0.1) is 11.3 Å². The number of sulfonamides is 1. The third kappa shape index (κ3) is 4.71. The van der Waals surface area contributed by atoms with Gasteiger partial charge in [0, 0.05) is 16.1 Å². The first-order valence-electron chi connectivity index (χ1n) is 7.53. The lowest BCUT2D eigenvalue weighted by atomic mass is 10.1. The summed E-state index contributed by atoms with van der Waals surface area (Å²) in [5, 5.41) is 0.759. The van der Waals surface area contributed by atoms with E-state index in [9.17, 15) is 8.42 Å². The van der Waals surface area contributed by atoms with E-state index in [2.05, 4.69) is 20.6 Å². The summed E-state index contributed by atoms with van der Waals surface area (Å²) in [6.07, 6.45) is 1.13. The van der Waals surface area contributed by atoms with E-state index in [0.717, 1.165) is 33.2 Å². The zero-order chi connectivity index (χ0) is 17.9. The van der Waals surface area contributed by atoms with Crippen LogP contribution >= 0.6 is 11.3 Å². The first-order chi connectivity index (χ1) is 11.9. The highest BCUT2D eigenvalue weighted by Gasteiger charge is 2.10. The van der Waals surface area contributed by atoms with Gasteiger partial charge in [-0.1, -0.05) is 30.3 Å².